The van der Waals surface area contributed by atoms with E-state index in [0.717, 1.165) is 57.6 Å². The fourth-order valence-electron chi connectivity index (χ4n) is 3.43. The summed E-state index contributed by atoms with van der Waals surface area (Å²) < 4.78 is 1.14. The number of likely N-dealkylation sites (N-methyl/N-ethyl adjacent to an activating group) is 1. The summed E-state index contributed by atoms with van der Waals surface area (Å²) in [4.78, 5) is 23.8. The zero-order valence-electron chi connectivity index (χ0n) is 18.8. The van der Waals surface area contributed by atoms with Gasteiger partial charge in [0.05, 0.1) is 15.8 Å². The maximum atomic E-state index is 13.7. The van der Waals surface area contributed by atoms with E-state index in [1.54, 1.807) is 23.1 Å². The van der Waals surface area contributed by atoms with Crippen molar-refractivity contribution in [2.75, 3.05) is 36.8 Å². The number of benzene rings is 2. The molecule has 0 radical (unpaired) electrons. The van der Waals surface area contributed by atoms with Gasteiger partial charge in [0.2, 0.25) is 0 Å². The van der Waals surface area contributed by atoms with Gasteiger partial charge < -0.3 is 4.90 Å². The van der Waals surface area contributed by atoms with Crippen molar-refractivity contribution in [3.8, 4) is 0 Å². The minimum Gasteiger partial charge on any atom is -0.302 e. The normalized spacial score (nSPS) is 11.0. The van der Waals surface area contributed by atoms with E-state index < -0.39 is 0 Å². The molecule has 0 bridgehead atoms. The van der Waals surface area contributed by atoms with E-state index in [1.807, 2.05) is 29.2 Å². The predicted molar refractivity (Wildman–Crippen MR) is 139 cm³/mol. The Morgan fingerprint density at radius 2 is 1.77 bits per heavy atom. The van der Waals surface area contributed by atoms with Crippen molar-refractivity contribution in [1.82, 2.24) is 9.88 Å². The number of thiazole rings is 1. The highest BCUT2D eigenvalue weighted by Crippen LogP contribution is 2.32. The molecule has 168 valence electrons. The molecule has 1 heterocycles. The molecule has 7 heteroatoms. The van der Waals surface area contributed by atoms with Gasteiger partial charge in [-0.15, -0.1) is 24.2 Å². The van der Waals surface area contributed by atoms with Crippen LogP contribution in [0.1, 0.15) is 43.6 Å². The Hall–Kier alpha value is -1.60. The van der Waals surface area contributed by atoms with Crippen molar-refractivity contribution < 1.29 is 4.79 Å². The number of anilines is 1. The van der Waals surface area contributed by atoms with Gasteiger partial charge >= 0.3 is 0 Å². The average Bonchev–Trinajstić information content (AvgIpc) is 3.20. The first-order chi connectivity index (χ1) is 14.6. The highest BCUT2D eigenvalue weighted by Gasteiger charge is 2.24. The standard InChI is InChI=1S/C24H31N3OS2.ClH/c1-5-18-13-14-20-22(17-18)30-24(25-20)27(16-15-26(6-2)7-3)23(28)19-11-9-10-12-21(19)29-8-4;/h9-14,17H,5-8,15-16H2,1-4H3;1H. The van der Waals surface area contributed by atoms with Gasteiger partial charge in [-0.1, -0.05) is 57.2 Å². The van der Waals surface area contributed by atoms with E-state index in [0.29, 0.717) is 6.54 Å². The van der Waals surface area contributed by atoms with Gasteiger partial charge in [0.15, 0.2) is 5.13 Å². The number of amides is 1. The van der Waals surface area contributed by atoms with Gasteiger partial charge in [0.25, 0.3) is 5.91 Å². The summed E-state index contributed by atoms with van der Waals surface area (Å²) in [6, 6.07) is 14.3. The molecule has 0 aliphatic carbocycles. The van der Waals surface area contributed by atoms with E-state index in [4.69, 9.17) is 4.98 Å². The zero-order chi connectivity index (χ0) is 21.5. The van der Waals surface area contributed by atoms with Gasteiger partial charge in [-0.3, -0.25) is 9.69 Å². The fourth-order valence-corrected chi connectivity index (χ4v) is 5.28. The second-order valence-corrected chi connectivity index (χ2v) is 9.38. The quantitative estimate of drug-likeness (QED) is 0.317. The maximum absolute atomic E-state index is 13.7. The van der Waals surface area contributed by atoms with Crippen LogP contribution in [0.4, 0.5) is 5.13 Å². The highest BCUT2D eigenvalue weighted by molar-refractivity contribution is 7.99. The monoisotopic (exact) mass is 477 g/mol. The lowest BCUT2D eigenvalue weighted by Crippen LogP contribution is -2.39. The number of rotatable bonds is 10. The topological polar surface area (TPSA) is 36.4 Å². The van der Waals surface area contributed by atoms with E-state index in [1.165, 1.54) is 5.56 Å². The van der Waals surface area contributed by atoms with Crippen LogP contribution >= 0.6 is 35.5 Å². The fraction of sp³-hybridized carbons (Fsp3) is 0.417. The lowest BCUT2D eigenvalue weighted by Gasteiger charge is -2.25. The number of nitrogens with zero attached hydrogens (tertiary/aromatic N) is 3. The summed E-state index contributed by atoms with van der Waals surface area (Å²) in [6.45, 7) is 12.0. The van der Waals surface area contributed by atoms with E-state index in [2.05, 4.69) is 50.8 Å². The van der Waals surface area contributed by atoms with E-state index in [-0.39, 0.29) is 18.3 Å². The molecular weight excluding hydrogens is 446 g/mol. The number of hydrogen-bond donors (Lipinski definition) is 0. The summed E-state index contributed by atoms with van der Waals surface area (Å²) in [6.07, 6.45) is 0.995. The number of aryl methyl sites for hydroxylation is 1. The Balaban J connectivity index is 0.00000341. The molecule has 3 rings (SSSR count). The summed E-state index contributed by atoms with van der Waals surface area (Å²) in [5.41, 5.74) is 3.02. The zero-order valence-corrected chi connectivity index (χ0v) is 21.2. The van der Waals surface area contributed by atoms with E-state index in [9.17, 15) is 4.79 Å². The largest absolute Gasteiger partial charge is 0.302 e. The molecule has 4 nitrogen and oxygen atoms in total. The molecule has 0 saturated carbocycles. The van der Waals surface area contributed by atoms with Crippen LogP contribution in [0.5, 0.6) is 0 Å². The van der Waals surface area contributed by atoms with Crippen LogP contribution in [0.2, 0.25) is 0 Å². The van der Waals surface area contributed by atoms with Crippen molar-refractivity contribution in [2.24, 2.45) is 0 Å². The third-order valence-corrected chi connectivity index (χ3v) is 7.27. The minimum absolute atomic E-state index is 0. The minimum atomic E-state index is 0. The summed E-state index contributed by atoms with van der Waals surface area (Å²) in [7, 11) is 0. The number of aromatic nitrogens is 1. The van der Waals surface area contributed by atoms with Crippen molar-refractivity contribution in [1.29, 1.82) is 0 Å². The smallest absolute Gasteiger partial charge is 0.261 e. The number of carbonyl (C=O) groups is 1. The molecule has 0 unspecified atom stereocenters. The molecule has 0 fully saturated rings. The second kappa shape index (κ2) is 12.4. The molecule has 0 aliphatic rings. The first kappa shape index (κ1) is 25.7. The molecule has 0 atom stereocenters. The molecule has 0 saturated heterocycles. The second-order valence-electron chi connectivity index (χ2n) is 7.06. The van der Waals surface area contributed by atoms with Crippen LogP contribution in [0.3, 0.4) is 0 Å². The Morgan fingerprint density at radius 1 is 1.03 bits per heavy atom. The predicted octanol–water partition coefficient (Wildman–Crippen LogP) is 6.38. The van der Waals surface area contributed by atoms with Crippen LogP contribution in [-0.4, -0.2) is 47.7 Å². The molecular formula is C24H32ClN3OS2. The Bertz CT molecular complexity index is 988. The van der Waals surface area contributed by atoms with Crippen LogP contribution in [-0.2, 0) is 6.42 Å². The number of fused-ring (bicyclic) bond motifs is 1. The number of halogens is 1. The first-order valence-electron chi connectivity index (χ1n) is 10.8. The average molecular weight is 478 g/mol. The van der Waals surface area contributed by atoms with Crippen molar-refractivity contribution >= 4 is 56.8 Å². The van der Waals surface area contributed by atoms with Gasteiger partial charge in [-0.05, 0) is 55.1 Å². The number of hydrogen-bond acceptors (Lipinski definition) is 5. The first-order valence-corrected chi connectivity index (χ1v) is 12.6. The molecule has 1 amide bonds. The lowest BCUT2D eigenvalue weighted by atomic mass is 10.2. The SMILES string of the molecule is CCSc1ccccc1C(=O)N(CCN(CC)CC)c1nc2ccc(CC)cc2s1.Cl. The molecule has 31 heavy (non-hydrogen) atoms. The summed E-state index contributed by atoms with van der Waals surface area (Å²) in [5, 5.41) is 0.784. The summed E-state index contributed by atoms with van der Waals surface area (Å²) >= 11 is 3.32. The van der Waals surface area contributed by atoms with Crippen LogP contribution in [0.15, 0.2) is 47.4 Å². The Morgan fingerprint density at radius 3 is 2.45 bits per heavy atom. The van der Waals surface area contributed by atoms with Crippen molar-refractivity contribution in [3.05, 3.63) is 53.6 Å². The third-order valence-electron chi connectivity index (χ3n) is 5.28. The van der Waals surface area contributed by atoms with E-state index >= 15 is 0 Å². The van der Waals surface area contributed by atoms with Gasteiger partial charge in [-0.2, -0.15) is 0 Å². The van der Waals surface area contributed by atoms with Crippen LogP contribution < -0.4 is 4.90 Å². The highest BCUT2D eigenvalue weighted by atomic mass is 35.5. The van der Waals surface area contributed by atoms with Crippen LogP contribution in [0.25, 0.3) is 10.2 Å². The van der Waals surface area contributed by atoms with Gasteiger partial charge in [-0.25, -0.2) is 4.98 Å². The summed E-state index contributed by atoms with van der Waals surface area (Å²) in [5.74, 6) is 0.971. The number of carbonyl (C=O) groups excluding carboxylic acids is 1. The molecule has 3 aromatic rings. The lowest BCUT2D eigenvalue weighted by molar-refractivity contribution is 0.0981. The van der Waals surface area contributed by atoms with Gasteiger partial charge in [0, 0.05) is 18.0 Å². The molecule has 0 spiro atoms. The number of thioether (sulfide) groups is 1. The molecule has 0 N–H and O–H groups in total. The van der Waals surface area contributed by atoms with Crippen molar-refractivity contribution in [2.45, 2.75) is 39.0 Å². The molecule has 1 aromatic heterocycles. The maximum Gasteiger partial charge on any atom is 0.261 e. The van der Waals surface area contributed by atoms with Gasteiger partial charge in [0.1, 0.15) is 0 Å². The molecule has 2 aromatic carbocycles. The Kier molecular flexibility index (Phi) is 10.3. The van der Waals surface area contributed by atoms with Crippen LogP contribution in [0, 0.1) is 0 Å². The third kappa shape index (κ3) is 6.22. The Labute approximate surface area is 200 Å². The molecule has 0 aliphatic heterocycles. The van der Waals surface area contributed by atoms with Crippen molar-refractivity contribution in [3.63, 3.8) is 0 Å².